The summed E-state index contributed by atoms with van der Waals surface area (Å²) in [6.07, 6.45) is 7.75. The number of hydrogen-bond donors (Lipinski definition) is 1. The molecule has 0 aromatic rings. The first-order valence-corrected chi connectivity index (χ1v) is 9.23. The average molecular weight is 334 g/mol. The second-order valence-corrected chi connectivity index (χ2v) is 5.89. The van der Waals surface area contributed by atoms with Crippen LogP contribution in [0.1, 0.15) is 52.4 Å². The maximum atomic E-state index is 8.51. The third-order valence-electron chi connectivity index (χ3n) is 3.78. The predicted molar refractivity (Wildman–Crippen MR) is 92.9 cm³/mol. The molecule has 0 spiro atoms. The molecule has 0 aromatic heterocycles. The molecule has 0 aromatic carbocycles. The van der Waals surface area contributed by atoms with Crippen LogP contribution in [0.4, 0.5) is 0 Å². The molecule has 0 radical (unpaired) electrons. The van der Waals surface area contributed by atoms with Gasteiger partial charge in [-0.25, -0.2) is 0 Å². The summed E-state index contributed by atoms with van der Waals surface area (Å²) in [7, 11) is 0. The van der Waals surface area contributed by atoms with Crippen molar-refractivity contribution >= 4 is 0 Å². The lowest BCUT2D eigenvalue weighted by atomic mass is 10.0. The highest BCUT2D eigenvalue weighted by atomic mass is 16.6. The van der Waals surface area contributed by atoms with Crippen molar-refractivity contribution in [2.75, 3.05) is 59.5 Å². The van der Waals surface area contributed by atoms with Crippen molar-refractivity contribution in [2.45, 2.75) is 52.4 Å². The van der Waals surface area contributed by atoms with E-state index in [9.17, 15) is 0 Å². The number of hydrogen-bond acceptors (Lipinski definition) is 5. The Balaban J connectivity index is 2.97. The minimum absolute atomic E-state index is 0.0567. The summed E-state index contributed by atoms with van der Waals surface area (Å²) in [6, 6.07) is 0. The number of rotatable bonds is 19. The van der Waals surface area contributed by atoms with Crippen LogP contribution in [0.25, 0.3) is 0 Å². The molecule has 0 amide bonds. The van der Waals surface area contributed by atoms with Crippen molar-refractivity contribution in [3.05, 3.63) is 0 Å². The Morgan fingerprint density at radius 2 is 1.13 bits per heavy atom. The van der Waals surface area contributed by atoms with Crippen molar-refractivity contribution < 1.29 is 24.1 Å². The molecule has 0 aliphatic carbocycles. The van der Waals surface area contributed by atoms with Crippen molar-refractivity contribution in [1.29, 1.82) is 0 Å². The van der Waals surface area contributed by atoms with Gasteiger partial charge in [0.05, 0.1) is 52.9 Å². The zero-order chi connectivity index (χ0) is 17.0. The smallest absolute Gasteiger partial charge is 0.0701 e. The second-order valence-electron chi connectivity index (χ2n) is 5.89. The molecule has 0 saturated heterocycles. The molecule has 0 bridgehead atoms. The summed E-state index contributed by atoms with van der Waals surface area (Å²) in [5.41, 5.74) is 0. The van der Waals surface area contributed by atoms with Crippen LogP contribution in [0, 0.1) is 5.92 Å². The van der Waals surface area contributed by atoms with Gasteiger partial charge in [0, 0.05) is 6.61 Å². The van der Waals surface area contributed by atoms with Crippen LogP contribution in [0.3, 0.4) is 0 Å². The topological polar surface area (TPSA) is 57.2 Å². The summed E-state index contributed by atoms with van der Waals surface area (Å²) < 4.78 is 21.3. The van der Waals surface area contributed by atoms with Crippen LogP contribution in [-0.4, -0.2) is 64.6 Å². The molecule has 1 unspecified atom stereocenters. The summed E-state index contributed by atoms with van der Waals surface area (Å²) in [5, 5.41) is 8.51. The van der Waals surface area contributed by atoms with Gasteiger partial charge in [-0.2, -0.15) is 0 Å². The Morgan fingerprint density at radius 1 is 0.652 bits per heavy atom. The van der Waals surface area contributed by atoms with Gasteiger partial charge >= 0.3 is 0 Å². The van der Waals surface area contributed by atoms with E-state index >= 15 is 0 Å². The van der Waals surface area contributed by atoms with E-state index < -0.39 is 0 Å². The first kappa shape index (κ1) is 22.8. The first-order valence-electron chi connectivity index (χ1n) is 9.23. The summed E-state index contributed by atoms with van der Waals surface area (Å²) >= 11 is 0. The van der Waals surface area contributed by atoms with Crippen molar-refractivity contribution in [2.24, 2.45) is 5.92 Å². The fraction of sp³-hybridized carbons (Fsp3) is 1.00. The molecule has 0 fully saturated rings. The van der Waals surface area contributed by atoms with E-state index in [4.69, 9.17) is 24.1 Å². The molecule has 140 valence electrons. The lowest BCUT2D eigenvalue weighted by Crippen LogP contribution is -2.12. The largest absolute Gasteiger partial charge is 0.394 e. The molecule has 5 heteroatoms. The summed E-state index contributed by atoms with van der Waals surface area (Å²) in [5.74, 6) is 0.875. The van der Waals surface area contributed by atoms with Gasteiger partial charge in [0.25, 0.3) is 0 Å². The number of aliphatic hydroxyl groups is 1. The van der Waals surface area contributed by atoms with Gasteiger partial charge in [-0.3, -0.25) is 0 Å². The summed E-state index contributed by atoms with van der Waals surface area (Å²) in [4.78, 5) is 0. The van der Waals surface area contributed by atoms with Crippen LogP contribution < -0.4 is 0 Å². The van der Waals surface area contributed by atoms with Crippen LogP contribution in [-0.2, 0) is 18.9 Å². The normalized spacial score (nSPS) is 12.7. The molecule has 23 heavy (non-hydrogen) atoms. The van der Waals surface area contributed by atoms with Gasteiger partial charge in [-0.05, 0) is 12.3 Å². The van der Waals surface area contributed by atoms with E-state index in [0.29, 0.717) is 46.2 Å². The molecule has 0 aliphatic heterocycles. The second kappa shape index (κ2) is 19.8. The molecule has 1 atom stereocenters. The molecular weight excluding hydrogens is 296 g/mol. The first-order chi connectivity index (χ1) is 11.3. The van der Waals surface area contributed by atoms with Gasteiger partial charge in [-0.1, -0.05) is 46.0 Å². The molecule has 0 heterocycles. The van der Waals surface area contributed by atoms with E-state index in [1.54, 1.807) is 0 Å². The lowest BCUT2D eigenvalue weighted by molar-refractivity contribution is -0.00577. The van der Waals surface area contributed by atoms with E-state index in [1.165, 1.54) is 32.1 Å². The highest BCUT2D eigenvalue weighted by Crippen LogP contribution is 2.12. The quantitative estimate of drug-likeness (QED) is 0.368. The van der Waals surface area contributed by atoms with Gasteiger partial charge in [0.1, 0.15) is 0 Å². The number of unbranched alkanes of at least 4 members (excludes halogenated alkanes) is 3. The SMILES string of the molecule is CCC(C)CCCCCCOCCOCCOCCOCCO. The van der Waals surface area contributed by atoms with E-state index in [-0.39, 0.29) is 6.61 Å². The Labute approximate surface area is 142 Å². The highest BCUT2D eigenvalue weighted by Gasteiger charge is 1.98. The van der Waals surface area contributed by atoms with Crippen LogP contribution in [0.5, 0.6) is 0 Å². The van der Waals surface area contributed by atoms with Crippen molar-refractivity contribution in [3.63, 3.8) is 0 Å². The zero-order valence-corrected chi connectivity index (χ0v) is 15.3. The van der Waals surface area contributed by atoms with Gasteiger partial charge in [0.2, 0.25) is 0 Å². The maximum absolute atomic E-state index is 8.51. The van der Waals surface area contributed by atoms with Crippen molar-refractivity contribution in [3.8, 4) is 0 Å². The highest BCUT2D eigenvalue weighted by molar-refractivity contribution is 4.51. The number of aliphatic hydroxyl groups excluding tert-OH is 1. The Hall–Kier alpha value is -0.200. The number of ether oxygens (including phenoxy) is 4. The minimum atomic E-state index is 0.0567. The zero-order valence-electron chi connectivity index (χ0n) is 15.3. The Kier molecular flexibility index (Phi) is 19.7. The van der Waals surface area contributed by atoms with Crippen LogP contribution >= 0.6 is 0 Å². The standard InChI is InChI=1S/C18H38O5/c1-3-18(2)8-6-4-5-7-10-20-12-14-22-16-17-23-15-13-21-11-9-19/h18-19H,3-17H2,1-2H3. The Morgan fingerprint density at radius 3 is 1.65 bits per heavy atom. The van der Waals surface area contributed by atoms with Gasteiger partial charge < -0.3 is 24.1 Å². The average Bonchev–Trinajstić information content (AvgIpc) is 2.57. The predicted octanol–water partition coefficient (Wildman–Crippen LogP) is 3.04. The molecule has 0 aliphatic rings. The fourth-order valence-corrected chi connectivity index (χ4v) is 2.08. The third kappa shape index (κ3) is 19.8. The van der Waals surface area contributed by atoms with E-state index in [2.05, 4.69) is 13.8 Å². The van der Waals surface area contributed by atoms with Crippen LogP contribution in [0.2, 0.25) is 0 Å². The van der Waals surface area contributed by atoms with Gasteiger partial charge in [-0.15, -0.1) is 0 Å². The minimum Gasteiger partial charge on any atom is -0.394 e. The lowest BCUT2D eigenvalue weighted by Gasteiger charge is -2.08. The van der Waals surface area contributed by atoms with Gasteiger partial charge in [0.15, 0.2) is 0 Å². The Bertz CT molecular complexity index is 214. The van der Waals surface area contributed by atoms with Crippen LogP contribution in [0.15, 0.2) is 0 Å². The summed E-state index contributed by atoms with van der Waals surface area (Å²) in [6.45, 7) is 9.35. The van der Waals surface area contributed by atoms with Crippen molar-refractivity contribution in [1.82, 2.24) is 0 Å². The third-order valence-corrected chi connectivity index (χ3v) is 3.78. The monoisotopic (exact) mass is 334 g/mol. The van der Waals surface area contributed by atoms with E-state index in [1.807, 2.05) is 0 Å². The molecule has 1 N–H and O–H groups in total. The molecule has 5 nitrogen and oxygen atoms in total. The molecule has 0 saturated carbocycles. The van der Waals surface area contributed by atoms with E-state index in [0.717, 1.165) is 18.9 Å². The maximum Gasteiger partial charge on any atom is 0.0701 e. The fourth-order valence-electron chi connectivity index (χ4n) is 2.08. The molecular formula is C18H38O5. The molecule has 0 rings (SSSR count).